The van der Waals surface area contributed by atoms with Crippen molar-refractivity contribution in [3.8, 4) is 39.6 Å². The van der Waals surface area contributed by atoms with Crippen molar-refractivity contribution >= 4 is 39.0 Å². The summed E-state index contributed by atoms with van der Waals surface area (Å²) in [6.07, 6.45) is 4.96. The Kier molecular flexibility index (Phi) is 7.53. The summed E-state index contributed by atoms with van der Waals surface area (Å²) >= 11 is 1.19. The molecule has 1 saturated heterocycles. The van der Waals surface area contributed by atoms with E-state index in [1.807, 2.05) is 48.5 Å². The number of aliphatic imine (C=N–C) groups is 1. The largest absolute Gasteiger partial charge is 0.857 e. The minimum absolute atomic E-state index is 0.102. The van der Waals surface area contributed by atoms with E-state index in [1.165, 1.54) is 17.8 Å². The third kappa shape index (κ3) is 5.05. The molecule has 3 aromatic heterocycles. The van der Waals surface area contributed by atoms with Crippen molar-refractivity contribution in [1.29, 1.82) is 0 Å². The van der Waals surface area contributed by atoms with Gasteiger partial charge < -0.3 is 25.1 Å². The van der Waals surface area contributed by atoms with E-state index in [1.54, 1.807) is 32.3 Å². The zero-order valence-electron chi connectivity index (χ0n) is 23.5. The number of hydrogen-bond donors (Lipinski definition) is 1. The zero-order valence-corrected chi connectivity index (χ0v) is 24.3. The van der Waals surface area contributed by atoms with Crippen LogP contribution >= 0.6 is 11.3 Å². The van der Waals surface area contributed by atoms with E-state index in [0.717, 1.165) is 48.3 Å². The molecule has 4 heterocycles. The second kappa shape index (κ2) is 11.6. The Bertz CT molecular complexity index is 1740. The predicted octanol–water partition coefficient (Wildman–Crippen LogP) is 4.07. The van der Waals surface area contributed by atoms with E-state index >= 15 is 0 Å². The Morgan fingerprint density at radius 3 is 2.38 bits per heavy atom. The SMILES string of the molecule is COc1cc(-c2cc(-c3ccccc3)nc3sc(/C([O-])=N/c4c[n+](N5CCCCC5)no4)c(N)c23)cc(OC)c1OC. The van der Waals surface area contributed by atoms with Crippen LogP contribution in [0.3, 0.4) is 0 Å². The van der Waals surface area contributed by atoms with Crippen LogP contribution in [0, 0.1) is 0 Å². The molecule has 2 N–H and O–H groups in total. The minimum Gasteiger partial charge on any atom is -0.857 e. The van der Waals surface area contributed by atoms with E-state index in [4.69, 9.17) is 29.5 Å². The normalized spacial score (nSPS) is 13.9. The third-order valence-electron chi connectivity index (χ3n) is 7.22. The fourth-order valence-electron chi connectivity index (χ4n) is 5.15. The van der Waals surface area contributed by atoms with Gasteiger partial charge in [-0.05, 0) is 48.6 Å². The number of benzene rings is 2. The first-order valence-corrected chi connectivity index (χ1v) is 14.3. The van der Waals surface area contributed by atoms with Crippen LogP contribution < -0.4 is 34.9 Å². The van der Waals surface area contributed by atoms with Gasteiger partial charge in [-0.3, -0.25) is 4.52 Å². The standard InChI is InChI=1S/C30H30N6O5S/c1-38-22-14-19(15-23(39-2)27(22)40-3)20-16-21(18-10-6-4-7-11-18)32-30-25(20)26(31)28(42-30)29(37)33-24-17-36(34-41-24)35-12-8-5-9-13-35/h4,6-7,10-11,14-17H,5,8-9,12-13H2,1-3H3,(H2-,31,33,34,37). The highest BCUT2D eigenvalue weighted by molar-refractivity contribution is 7.21. The molecule has 0 unspecified atom stereocenters. The van der Waals surface area contributed by atoms with Crippen LogP contribution in [-0.4, -0.2) is 50.6 Å². The lowest BCUT2D eigenvalue weighted by Gasteiger charge is -2.17. The number of pyridine rings is 1. The van der Waals surface area contributed by atoms with E-state index in [-0.39, 0.29) is 16.4 Å². The Balaban J connectivity index is 1.49. The summed E-state index contributed by atoms with van der Waals surface area (Å²) < 4.78 is 22.1. The number of anilines is 1. The number of rotatable bonds is 8. The van der Waals surface area contributed by atoms with Crippen molar-refractivity contribution in [2.75, 3.05) is 45.2 Å². The van der Waals surface area contributed by atoms with Crippen molar-refractivity contribution in [1.82, 2.24) is 10.3 Å². The van der Waals surface area contributed by atoms with Gasteiger partial charge in [0.05, 0.1) is 55.5 Å². The maximum Gasteiger partial charge on any atom is 0.324 e. The number of piperidine rings is 1. The lowest BCUT2D eigenvalue weighted by Crippen LogP contribution is -2.60. The van der Waals surface area contributed by atoms with E-state index < -0.39 is 5.90 Å². The molecule has 0 saturated carbocycles. The number of nitrogen functional groups attached to an aromatic ring is 1. The quantitative estimate of drug-likeness (QED) is 0.162. The van der Waals surface area contributed by atoms with Gasteiger partial charge in [-0.15, -0.1) is 11.3 Å². The molecule has 42 heavy (non-hydrogen) atoms. The summed E-state index contributed by atoms with van der Waals surface area (Å²) in [5.74, 6) is 1.02. The Hall–Kier alpha value is -4.84. The molecule has 216 valence electrons. The van der Waals surface area contributed by atoms with Crippen LogP contribution in [0.1, 0.15) is 24.1 Å². The lowest BCUT2D eigenvalue weighted by molar-refractivity contribution is -0.759. The summed E-state index contributed by atoms with van der Waals surface area (Å²) in [4.78, 5) is 11.6. The Labute approximate surface area is 246 Å². The highest BCUT2D eigenvalue weighted by atomic mass is 32.1. The Morgan fingerprint density at radius 2 is 1.71 bits per heavy atom. The van der Waals surface area contributed by atoms with Crippen LogP contribution in [0.25, 0.3) is 32.6 Å². The number of fused-ring (bicyclic) bond motifs is 1. The van der Waals surface area contributed by atoms with Gasteiger partial charge >= 0.3 is 5.88 Å². The van der Waals surface area contributed by atoms with Crippen molar-refractivity contribution in [3.63, 3.8) is 0 Å². The molecule has 6 rings (SSSR count). The first-order valence-electron chi connectivity index (χ1n) is 13.5. The minimum atomic E-state index is -0.533. The highest BCUT2D eigenvalue weighted by Crippen LogP contribution is 2.46. The maximum atomic E-state index is 13.4. The van der Waals surface area contributed by atoms with Crippen LogP contribution in [0.5, 0.6) is 17.2 Å². The second-order valence-electron chi connectivity index (χ2n) is 9.75. The molecule has 0 aliphatic carbocycles. The van der Waals surface area contributed by atoms with Crippen molar-refractivity contribution in [3.05, 3.63) is 59.6 Å². The van der Waals surface area contributed by atoms with Gasteiger partial charge in [0, 0.05) is 16.8 Å². The van der Waals surface area contributed by atoms with Crippen LogP contribution in [-0.2, 0) is 0 Å². The topological polar surface area (TPSA) is 135 Å². The average Bonchev–Trinajstić information content (AvgIpc) is 3.64. The van der Waals surface area contributed by atoms with Crippen LogP contribution in [0.15, 0.2) is 64.2 Å². The number of ether oxygens (including phenoxy) is 3. The molecular weight excluding hydrogens is 556 g/mol. The number of hydrogen-bond acceptors (Lipinski definition) is 11. The first-order chi connectivity index (χ1) is 20.5. The smallest absolute Gasteiger partial charge is 0.324 e. The fourth-order valence-corrected chi connectivity index (χ4v) is 6.15. The number of methoxy groups -OCH3 is 3. The van der Waals surface area contributed by atoms with Crippen molar-refractivity contribution in [2.45, 2.75) is 19.3 Å². The third-order valence-corrected chi connectivity index (χ3v) is 8.30. The number of nitrogens with zero attached hydrogens (tertiary/aromatic N) is 5. The monoisotopic (exact) mass is 586 g/mol. The summed E-state index contributed by atoms with van der Waals surface area (Å²) in [6.45, 7) is 1.74. The second-order valence-corrected chi connectivity index (χ2v) is 10.8. The fraction of sp³-hybridized carbons (Fsp3) is 0.267. The molecule has 0 amide bonds. The van der Waals surface area contributed by atoms with Gasteiger partial charge in [-0.1, -0.05) is 30.3 Å². The van der Waals surface area contributed by atoms with Gasteiger partial charge in [0.25, 0.3) is 6.20 Å². The Morgan fingerprint density at radius 1 is 1.00 bits per heavy atom. The van der Waals surface area contributed by atoms with E-state index in [2.05, 4.69) is 15.3 Å². The van der Waals surface area contributed by atoms with Gasteiger partial charge in [0.2, 0.25) is 11.0 Å². The lowest BCUT2D eigenvalue weighted by atomic mass is 9.98. The number of aromatic nitrogens is 3. The van der Waals surface area contributed by atoms with Gasteiger partial charge in [0.15, 0.2) is 11.5 Å². The van der Waals surface area contributed by atoms with Gasteiger partial charge in [-0.25, -0.2) is 9.98 Å². The molecule has 1 aliphatic heterocycles. The highest BCUT2D eigenvalue weighted by Gasteiger charge is 2.24. The molecule has 0 radical (unpaired) electrons. The summed E-state index contributed by atoms with van der Waals surface area (Å²) in [7, 11) is 4.68. The first kappa shape index (κ1) is 27.3. The molecular formula is C30H30N6O5S. The van der Waals surface area contributed by atoms with E-state index in [0.29, 0.717) is 27.5 Å². The summed E-state index contributed by atoms with van der Waals surface area (Å²) in [5, 5.41) is 20.2. The molecule has 0 atom stereocenters. The molecule has 2 aromatic carbocycles. The number of nitrogens with two attached hydrogens (primary N) is 1. The molecule has 0 bridgehead atoms. The molecule has 1 aliphatic rings. The summed E-state index contributed by atoms with van der Waals surface area (Å²) in [5.41, 5.74) is 10.1. The van der Waals surface area contributed by atoms with Gasteiger partial charge in [-0.2, -0.15) is 5.01 Å². The van der Waals surface area contributed by atoms with Crippen molar-refractivity contribution < 1.29 is 28.6 Å². The average molecular weight is 587 g/mol. The van der Waals surface area contributed by atoms with Crippen LogP contribution in [0.2, 0.25) is 0 Å². The molecule has 11 nitrogen and oxygen atoms in total. The van der Waals surface area contributed by atoms with E-state index in [9.17, 15) is 5.11 Å². The summed E-state index contributed by atoms with van der Waals surface area (Å²) in [6, 6.07) is 15.4. The molecule has 0 spiro atoms. The maximum absolute atomic E-state index is 13.4. The van der Waals surface area contributed by atoms with Gasteiger partial charge in [0.1, 0.15) is 4.83 Å². The number of thiophene rings is 1. The molecule has 1 fully saturated rings. The zero-order chi connectivity index (χ0) is 29.2. The van der Waals surface area contributed by atoms with Crippen LogP contribution in [0.4, 0.5) is 11.6 Å². The predicted molar refractivity (Wildman–Crippen MR) is 159 cm³/mol. The van der Waals surface area contributed by atoms with Crippen molar-refractivity contribution in [2.24, 2.45) is 4.99 Å². The molecule has 12 heteroatoms. The molecule has 5 aromatic rings.